The van der Waals surface area contributed by atoms with Gasteiger partial charge in [-0.1, -0.05) is 31.9 Å². The molecular formula is C25H30N6O2. The molecule has 0 radical (unpaired) electrons. The maximum Gasteiger partial charge on any atom is 0.255 e. The molecule has 1 saturated carbocycles. The Balaban J connectivity index is 1.67. The van der Waals surface area contributed by atoms with Crippen LogP contribution in [0, 0.1) is 23.2 Å². The summed E-state index contributed by atoms with van der Waals surface area (Å²) in [5.74, 6) is 0.164. The number of carbonyl (C=O) groups excluding carboxylic acids is 2. The molecule has 2 heterocycles. The van der Waals surface area contributed by atoms with Crippen molar-refractivity contribution in [2.75, 3.05) is 18.0 Å². The number of rotatable bonds is 5. The first-order valence-corrected chi connectivity index (χ1v) is 11.7. The number of piperidine rings is 1. The lowest BCUT2D eigenvalue weighted by molar-refractivity contribution is -0.122. The number of hydrogen-bond donors (Lipinski definition) is 2. The van der Waals surface area contributed by atoms with E-state index in [9.17, 15) is 9.59 Å². The summed E-state index contributed by atoms with van der Waals surface area (Å²) in [7, 11) is 0. The molecule has 1 aromatic heterocycles. The third-order valence-corrected chi connectivity index (χ3v) is 6.84. The van der Waals surface area contributed by atoms with Crippen LogP contribution in [0.3, 0.4) is 0 Å². The summed E-state index contributed by atoms with van der Waals surface area (Å²) in [6.45, 7) is 3.37. The van der Waals surface area contributed by atoms with Crippen molar-refractivity contribution in [3.05, 3.63) is 41.6 Å². The van der Waals surface area contributed by atoms with Crippen molar-refractivity contribution in [2.24, 2.45) is 17.6 Å². The van der Waals surface area contributed by atoms with Gasteiger partial charge in [0.1, 0.15) is 0 Å². The first-order valence-electron chi connectivity index (χ1n) is 11.7. The molecule has 2 aliphatic rings. The van der Waals surface area contributed by atoms with E-state index in [2.05, 4.69) is 23.3 Å². The number of hydrogen-bond acceptors (Lipinski definition) is 6. The van der Waals surface area contributed by atoms with Crippen LogP contribution in [0.4, 0.5) is 5.95 Å². The summed E-state index contributed by atoms with van der Waals surface area (Å²) in [5, 5.41) is 12.3. The number of nitrogens with two attached hydrogens (primary N) is 1. The summed E-state index contributed by atoms with van der Waals surface area (Å²) in [6, 6.07) is 9.28. The number of aromatic nitrogens is 2. The molecule has 0 bridgehead atoms. The molecule has 3 unspecified atom stereocenters. The predicted octanol–water partition coefficient (Wildman–Crippen LogP) is 3.03. The van der Waals surface area contributed by atoms with E-state index in [1.54, 1.807) is 30.5 Å². The van der Waals surface area contributed by atoms with Gasteiger partial charge in [-0.05, 0) is 43.7 Å². The van der Waals surface area contributed by atoms with Gasteiger partial charge in [0.2, 0.25) is 11.9 Å². The predicted molar refractivity (Wildman–Crippen MR) is 125 cm³/mol. The third-order valence-electron chi connectivity index (χ3n) is 6.84. The summed E-state index contributed by atoms with van der Waals surface area (Å²) >= 11 is 0. The first-order chi connectivity index (χ1) is 16.0. The van der Waals surface area contributed by atoms with Gasteiger partial charge in [0.05, 0.1) is 28.8 Å². The maximum absolute atomic E-state index is 13.3. The van der Waals surface area contributed by atoms with Crippen LogP contribution in [-0.2, 0) is 4.79 Å². The van der Waals surface area contributed by atoms with Crippen LogP contribution in [0.5, 0.6) is 0 Å². The lowest BCUT2D eigenvalue weighted by Crippen LogP contribution is -2.42. The van der Waals surface area contributed by atoms with E-state index in [-0.39, 0.29) is 23.8 Å². The second-order valence-electron chi connectivity index (χ2n) is 9.15. The molecule has 3 atom stereocenters. The number of primary amides is 1. The molecule has 8 heteroatoms. The minimum Gasteiger partial charge on any atom is -0.369 e. The van der Waals surface area contributed by atoms with E-state index < -0.39 is 0 Å². The lowest BCUT2D eigenvalue weighted by Gasteiger charge is -2.32. The van der Waals surface area contributed by atoms with Gasteiger partial charge in [0.15, 0.2) is 0 Å². The molecular weight excluding hydrogens is 416 g/mol. The molecule has 1 aromatic carbocycles. The first kappa shape index (κ1) is 22.7. The van der Waals surface area contributed by atoms with Crippen molar-refractivity contribution >= 4 is 17.8 Å². The number of amides is 2. The topological polar surface area (TPSA) is 125 Å². The number of nitrogens with one attached hydrogen (secondary N) is 1. The van der Waals surface area contributed by atoms with Gasteiger partial charge < -0.3 is 16.0 Å². The molecule has 2 amide bonds. The highest BCUT2D eigenvalue weighted by atomic mass is 16.2. The van der Waals surface area contributed by atoms with Gasteiger partial charge in [-0.15, -0.1) is 0 Å². The summed E-state index contributed by atoms with van der Waals surface area (Å²) < 4.78 is 0. The lowest BCUT2D eigenvalue weighted by atomic mass is 9.86. The highest BCUT2D eigenvalue weighted by Gasteiger charge is 2.28. The van der Waals surface area contributed by atoms with Crippen molar-refractivity contribution in [1.82, 2.24) is 15.3 Å². The average molecular weight is 447 g/mol. The summed E-state index contributed by atoms with van der Waals surface area (Å²) in [4.78, 5) is 36.2. The fourth-order valence-corrected chi connectivity index (χ4v) is 4.78. The molecule has 1 aliphatic carbocycles. The van der Waals surface area contributed by atoms with E-state index in [4.69, 9.17) is 16.0 Å². The molecule has 8 nitrogen and oxygen atoms in total. The fraction of sp³-hybridized carbons (Fsp3) is 0.480. The van der Waals surface area contributed by atoms with E-state index in [1.807, 2.05) is 4.90 Å². The zero-order chi connectivity index (χ0) is 23.4. The molecule has 0 spiro atoms. The Kier molecular flexibility index (Phi) is 6.87. The Bertz CT molecular complexity index is 1060. The van der Waals surface area contributed by atoms with Crippen LogP contribution in [0.15, 0.2) is 30.5 Å². The zero-order valence-electron chi connectivity index (χ0n) is 19.0. The van der Waals surface area contributed by atoms with E-state index >= 15 is 0 Å². The van der Waals surface area contributed by atoms with Gasteiger partial charge in [-0.3, -0.25) is 9.59 Å². The molecule has 4 rings (SSSR count). The van der Waals surface area contributed by atoms with Crippen LogP contribution < -0.4 is 16.0 Å². The minimum absolute atomic E-state index is 0.137. The van der Waals surface area contributed by atoms with Crippen molar-refractivity contribution in [3.8, 4) is 17.3 Å². The molecule has 172 valence electrons. The van der Waals surface area contributed by atoms with Crippen molar-refractivity contribution < 1.29 is 9.59 Å². The maximum atomic E-state index is 13.3. The van der Waals surface area contributed by atoms with Gasteiger partial charge in [0.25, 0.3) is 5.91 Å². The molecule has 33 heavy (non-hydrogen) atoms. The number of anilines is 1. The molecule has 2 aromatic rings. The third kappa shape index (κ3) is 5.14. The van der Waals surface area contributed by atoms with Gasteiger partial charge >= 0.3 is 0 Å². The number of nitriles is 1. The average Bonchev–Trinajstić information content (AvgIpc) is 2.85. The van der Waals surface area contributed by atoms with Gasteiger partial charge in [-0.2, -0.15) is 5.26 Å². The molecule has 3 N–H and O–H groups in total. The van der Waals surface area contributed by atoms with Gasteiger partial charge in [0, 0.05) is 30.9 Å². The quantitative estimate of drug-likeness (QED) is 0.727. The van der Waals surface area contributed by atoms with Crippen LogP contribution in [0.1, 0.15) is 61.4 Å². The molecule has 1 saturated heterocycles. The number of nitrogens with zero attached hydrogens (tertiary/aromatic N) is 4. The van der Waals surface area contributed by atoms with Crippen molar-refractivity contribution in [3.63, 3.8) is 0 Å². The zero-order valence-corrected chi connectivity index (χ0v) is 19.0. The SMILES string of the molecule is CC1CCCCC1NC(=O)c1cnc(N2CCCC(C(N)=O)C2)nc1-c1ccc(C#N)cc1. The Labute approximate surface area is 194 Å². The fourth-order valence-electron chi connectivity index (χ4n) is 4.78. The van der Waals surface area contributed by atoms with E-state index in [0.717, 1.165) is 44.2 Å². The highest BCUT2D eigenvalue weighted by Crippen LogP contribution is 2.28. The Hall–Kier alpha value is -3.47. The summed E-state index contributed by atoms with van der Waals surface area (Å²) in [5.41, 5.74) is 7.74. The number of carbonyl (C=O) groups is 2. The largest absolute Gasteiger partial charge is 0.369 e. The monoisotopic (exact) mass is 446 g/mol. The van der Waals surface area contributed by atoms with E-state index in [1.165, 1.54) is 6.42 Å². The Morgan fingerprint density at radius 3 is 2.61 bits per heavy atom. The Morgan fingerprint density at radius 1 is 1.15 bits per heavy atom. The second kappa shape index (κ2) is 9.99. The Morgan fingerprint density at radius 2 is 1.91 bits per heavy atom. The van der Waals surface area contributed by atoms with Gasteiger partial charge in [-0.25, -0.2) is 9.97 Å². The van der Waals surface area contributed by atoms with Crippen LogP contribution in [0.2, 0.25) is 0 Å². The van der Waals surface area contributed by atoms with Crippen LogP contribution in [0.25, 0.3) is 11.3 Å². The van der Waals surface area contributed by atoms with Crippen LogP contribution in [-0.4, -0.2) is 40.9 Å². The van der Waals surface area contributed by atoms with Crippen LogP contribution >= 0.6 is 0 Å². The molecule has 2 fully saturated rings. The minimum atomic E-state index is -0.315. The molecule has 1 aliphatic heterocycles. The van der Waals surface area contributed by atoms with Crippen molar-refractivity contribution in [2.45, 2.75) is 51.5 Å². The smallest absolute Gasteiger partial charge is 0.255 e. The second-order valence-corrected chi connectivity index (χ2v) is 9.15. The van der Waals surface area contributed by atoms with Crippen molar-refractivity contribution in [1.29, 1.82) is 5.26 Å². The highest BCUT2D eigenvalue weighted by molar-refractivity contribution is 6.00. The number of benzene rings is 1. The standard InChI is InChI=1S/C25H30N6O2/c1-16-5-2-3-7-21(16)29-24(33)20-14-28-25(31-12-4-6-19(15-31)23(27)32)30-22(20)18-10-8-17(13-26)9-11-18/h8-11,14,16,19,21H,2-7,12,15H2,1H3,(H2,27,32)(H,29,33). The van der Waals surface area contributed by atoms with E-state index in [0.29, 0.717) is 35.2 Å². The normalized spacial score (nSPS) is 22.9. The summed E-state index contributed by atoms with van der Waals surface area (Å²) in [6.07, 6.45) is 7.55.